The van der Waals surface area contributed by atoms with E-state index in [0.29, 0.717) is 16.2 Å². The molecule has 0 fully saturated rings. The first-order chi connectivity index (χ1) is 16.1. The number of hydrogen-bond acceptors (Lipinski definition) is 6. The molecular weight excluding hydrogens is 470 g/mol. The average Bonchev–Trinajstić information content (AvgIpc) is 2.78. The van der Waals surface area contributed by atoms with Gasteiger partial charge in [0.15, 0.2) is 16.6 Å². The highest BCUT2D eigenvalue weighted by molar-refractivity contribution is 7.87. The van der Waals surface area contributed by atoms with Crippen LogP contribution in [0.4, 0.5) is 5.69 Å². The lowest BCUT2D eigenvalue weighted by Gasteiger charge is -2.13. The number of anilines is 1. The third-order valence-electron chi connectivity index (χ3n) is 5.10. The summed E-state index contributed by atoms with van der Waals surface area (Å²) in [7, 11) is -2.59. The number of nitrogens with one attached hydrogen (secondary N) is 2. The Bertz CT molecular complexity index is 1330. The van der Waals surface area contributed by atoms with Crippen LogP contribution in [-0.2, 0) is 10.1 Å². The van der Waals surface area contributed by atoms with Crippen molar-refractivity contribution in [1.29, 1.82) is 0 Å². The molecular formula is C25H27N3O4S2. The van der Waals surface area contributed by atoms with Crippen molar-refractivity contribution in [2.75, 3.05) is 12.4 Å². The van der Waals surface area contributed by atoms with E-state index in [9.17, 15) is 8.42 Å². The topological polar surface area (TPSA) is 89.0 Å². The Labute approximate surface area is 205 Å². The molecule has 3 aromatic rings. The highest BCUT2D eigenvalue weighted by atomic mass is 32.2. The minimum absolute atomic E-state index is 0.0840. The van der Waals surface area contributed by atoms with Crippen molar-refractivity contribution in [2.24, 2.45) is 5.10 Å². The number of aryl methyl sites for hydroxylation is 4. The van der Waals surface area contributed by atoms with Crippen LogP contribution in [0.25, 0.3) is 0 Å². The smallest absolute Gasteiger partial charge is 0.339 e. The normalized spacial score (nSPS) is 11.3. The summed E-state index contributed by atoms with van der Waals surface area (Å²) < 4.78 is 36.4. The van der Waals surface area contributed by atoms with Crippen molar-refractivity contribution in [2.45, 2.75) is 32.6 Å². The molecule has 0 amide bonds. The van der Waals surface area contributed by atoms with Crippen LogP contribution in [0.5, 0.6) is 11.5 Å². The van der Waals surface area contributed by atoms with E-state index in [4.69, 9.17) is 21.1 Å². The maximum atomic E-state index is 12.8. The van der Waals surface area contributed by atoms with E-state index >= 15 is 0 Å². The van der Waals surface area contributed by atoms with E-state index in [1.165, 1.54) is 13.2 Å². The Morgan fingerprint density at radius 1 is 0.941 bits per heavy atom. The second kappa shape index (κ2) is 10.7. The van der Waals surface area contributed by atoms with Gasteiger partial charge in [-0.3, -0.25) is 5.43 Å². The van der Waals surface area contributed by atoms with Gasteiger partial charge in [-0.1, -0.05) is 30.3 Å². The number of benzene rings is 3. The number of rotatable bonds is 7. The fraction of sp³-hybridized carbons (Fsp3) is 0.200. The Hall–Kier alpha value is -3.43. The van der Waals surface area contributed by atoms with E-state index in [1.807, 2.05) is 45.0 Å². The molecule has 0 spiro atoms. The fourth-order valence-corrected chi connectivity index (χ4v) is 4.70. The quantitative estimate of drug-likeness (QED) is 0.205. The predicted molar refractivity (Wildman–Crippen MR) is 140 cm³/mol. The molecule has 34 heavy (non-hydrogen) atoms. The maximum absolute atomic E-state index is 12.8. The van der Waals surface area contributed by atoms with Crippen molar-refractivity contribution in [3.63, 3.8) is 0 Å². The van der Waals surface area contributed by atoms with Crippen molar-refractivity contribution in [3.8, 4) is 11.5 Å². The van der Waals surface area contributed by atoms with Crippen LogP contribution >= 0.6 is 12.2 Å². The minimum Gasteiger partial charge on any atom is -0.493 e. The Morgan fingerprint density at radius 2 is 1.65 bits per heavy atom. The molecule has 0 saturated heterocycles. The standard InChI is InChI=1S/C25H27N3O4S2/c1-16-9-10-17(2)23(13-16)34(29,30)32-21-12-11-20(14-22(21)31-5)15-26-28-25(33)27-24-18(3)7-6-8-19(24)4/h6-15H,1-5H3,(H2,27,28,33). The lowest BCUT2D eigenvalue weighted by atomic mass is 10.1. The van der Waals surface area contributed by atoms with E-state index < -0.39 is 10.1 Å². The van der Waals surface area contributed by atoms with E-state index in [2.05, 4.69) is 15.8 Å². The summed E-state index contributed by atoms with van der Waals surface area (Å²) in [6, 6.07) is 16.0. The lowest BCUT2D eigenvalue weighted by Crippen LogP contribution is -2.24. The molecule has 0 aromatic heterocycles. The van der Waals surface area contributed by atoms with Gasteiger partial charge in [0, 0.05) is 5.69 Å². The van der Waals surface area contributed by atoms with Gasteiger partial charge in [-0.25, -0.2) is 0 Å². The molecule has 3 rings (SSSR count). The molecule has 178 valence electrons. The van der Waals surface area contributed by atoms with Crippen LogP contribution in [0.2, 0.25) is 0 Å². The number of nitrogens with zero attached hydrogens (tertiary/aromatic N) is 1. The molecule has 2 N–H and O–H groups in total. The third kappa shape index (κ3) is 6.12. The van der Waals surface area contributed by atoms with Gasteiger partial charge in [-0.05, 0) is 92.0 Å². The molecule has 0 saturated carbocycles. The summed E-state index contributed by atoms with van der Waals surface area (Å²) in [5.74, 6) is 0.342. The molecule has 7 nitrogen and oxygen atoms in total. The first-order valence-electron chi connectivity index (χ1n) is 10.5. The van der Waals surface area contributed by atoms with E-state index in [-0.39, 0.29) is 16.4 Å². The number of methoxy groups -OCH3 is 1. The number of para-hydroxylation sites is 1. The summed E-state index contributed by atoms with van der Waals surface area (Å²) >= 11 is 5.32. The number of thiocarbonyl (C=S) groups is 1. The number of ether oxygens (including phenoxy) is 1. The first kappa shape index (κ1) is 25.2. The Balaban J connectivity index is 1.72. The van der Waals surface area contributed by atoms with Gasteiger partial charge in [0.2, 0.25) is 0 Å². The highest BCUT2D eigenvalue weighted by Gasteiger charge is 2.21. The predicted octanol–water partition coefficient (Wildman–Crippen LogP) is 5.02. The summed E-state index contributed by atoms with van der Waals surface area (Å²) in [6.45, 7) is 7.54. The highest BCUT2D eigenvalue weighted by Crippen LogP contribution is 2.31. The largest absolute Gasteiger partial charge is 0.493 e. The van der Waals surface area contributed by atoms with Crippen LogP contribution in [0.1, 0.15) is 27.8 Å². The van der Waals surface area contributed by atoms with Crippen LogP contribution in [0.15, 0.2) is 64.6 Å². The van der Waals surface area contributed by atoms with Gasteiger partial charge in [-0.2, -0.15) is 13.5 Å². The summed E-state index contributed by atoms with van der Waals surface area (Å²) in [5.41, 5.74) is 7.95. The summed E-state index contributed by atoms with van der Waals surface area (Å²) in [6.07, 6.45) is 1.55. The second-order valence-electron chi connectivity index (χ2n) is 7.81. The fourth-order valence-electron chi connectivity index (χ4n) is 3.29. The second-order valence-corrected chi connectivity index (χ2v) is 9.73. The first-order valence-corrected chi connectivity index (χ1v) is 12.3. The molecule has 0 radical (unpaired) electrons. The molecule has 9 heteroatoms. The van der Waals surface area contributed by atoms with Crippen molar-refractivity contribution < 1.29 is 17.3 Å². The SMILES string of the molecule is COc1cc(C=NNC(=S)Nc2c(C)cccc2C)ccc1OS(=O)(=O)c1cc(C)ccc1C. The van der Waals surface area contributed by atoms with E-state index in [0.717, 1.165) is 22.4 Å². The zero-order valence-corrected chi connectivity index (χ0v) is 21.3. The summed E-state index contributed by atoms with van der Waals surface area (Å²) in [4.78, 5) is 0.120. The van der Waals surface area contributed by atoms with Crippen molar-refractivity contribution >= 4 is 39.4 Å². The third-order valence-corrected chi connectivity index (χ3v) is 6.67. The van der Waals surface area contributed by atoms with Crippen LogP contribution in [-0.4, -0.2) is 26.9 Å². The van der Waals surface area contributed by atoms with Gasteiger partial charge < -0.3 is 14.2 Å². The lowest BCUT2D eigenvalue weighted by molar-refractivity contribution is 0.390. The van der Waals surface area contributed by atoms with E-state index in [1.54, 1.807) is 37.4 Å². The summed E-state index contributed by atoms with van der Waals surface area (Å²) in [5, 5.41) is 7.64. The van der Waals surface area contributed by atoms with Crippen LogP contribution < -0.4 is 19.7 Å². The number of hydrazone groups is 1. The minimum atomic E-state index is -4.03. The molecule has 3 aromatic carbocycles. The Kier molecular flexibility index (Phi) is 7.90. The Morgan fingerprint density at radius 3 is 2.32 bits per heavy atom. The average molecular weight is 498 g/mol. The molecule has 0 aliphatic rings. The van der Waals surface area contributed by atoms with Gasteiger partial charge in [0.1, 0.15) is 4.90 Å². The van der Waals surface area contributed by atoms with Crippen LogP contribution in [0.3, 0.4) is 0 Å². The zero-order chi connectivity index (χ0) is 24.9. The maximum Gasteiger partial charge on any atom is 0.339 e. The van der Waals surface area contributed by atoms with Crippen molar-refractivity contribution in [3.05, 3.63) is 82.4 Å². The zero-order valence-electron chi connectivity index (χ0n) is 19.7. The van der Waals surface area contributed by atoms with Gasteiger partial charge in [0.05, 0.1) is 13.3 Å². The van der Waals surface area contributed by atoms with Gasteiger partial charge >= 0.3 is 10.1 Å². The van der Waals surface area contributed by atoms with Gasteiger partial charge in [-0.15, -0.1) is 0 Å². The van der Waals surface area contributed by atoms with Gasteiger partial charge in [0.25, 0.3) is 0 Å². The molecule has 0 aliphatic heterocycles. The van der Waals surface area contributed by atoms with Crippen LogP contribution in [0, 0.1) is 27.7 Å². The molecule has 0 aliphatic carbocycles. The molecule has 0 atom stereocenters. The monoisotopic (exact) mass is 497 g/mol. The molecule has 0 bridgehead atoms. The number of hydrogen-bond donors (Lipinski definition) is 2. The van der Waals surface area contributed by atoms with Crippen molar-refractivity contribution in [1.82, 2.24) is 5.43 Å². The molecule has 0 unspecified atom stereocenters. The molecule has 0 heterocycles.